The summed E-state index contributed by atoms with van der Waals surface area (Å²) in [6, 6.07) is 4.99. The fourth-order valence-electron chi connectivity index (χ4n) is 2.23. The molecule has 0 amide bonds. The molecule has 16 heavy (non-hydrogen) atoms. The third-order valence-electron chi connectivity index (χ3n) is 2.98. The maximum atomic E-state index is 13.7. The quantitative estimate of drug-likeness (QED) is 0.717. The number of hydrogen-bond donors (Lipinski definition) is 0. The summed E-state index contributed by atoms with van der Waals surface area (Å²) in [6.45, 7) is 0.658. The van der Waals surface area contributed by atoms with Crippen molar-refractivity contribution >= 4 is 11.7 Å². The number of halogens is 1. The van der Waals surface area contributed by atoms with Gasteiger partial charge in [-0.3, -0.25) is 4.79 Å². The van der Waals surface area contributed by atoms with Gasteiger partial charge in [-0.05, 0) is 12.1 Å². The van der Waals surface area contributed by atoms with Crippen molar-refractivity contribution in [3.63, 3.8) is 0 Å². The molecule has 0 aromatic heterocycles. The van der Waals surface area contributed by atoms with Crippen molar-refractivity contribution in [2.75, 3.05) is 25.6 Å². The summed E-state index contributed by atoms with van der Waals surface area (Å²) in [7, 11) is 3.25. The van der Waals surface area contributed by atoms with Gasteiger partial charge in [0.15, 0.2) is 0 Å². The number of likely N-dealkylation sites (N-methyl/N-ethyl adjacent to an activating group) is 1. The van der Waals surface area contributed by atoms with Gasteiger partial charge in [-0.25, -0.2) is 4.39 Å². The van der Waals surface area contributed by atoms with Crippen molar-refractivity contribution in [3.05, 3.63) is 29.6 Å². The monoisotopic (exact) mass is 223 g/mol. The molecule has 0 radical (unpaired) electrons. The lowest BCUT2D eigenvalue weighted by Gasteiger charge is -2.11. The van der Waals surface area contributed by atoms with Crippen LogP contribution in [0.3, 0.4) is 0 Å². The predicted molar refractivity (Wildman–Crippen MR) is 59.0 cm³/mol. The number of anilines is 1. The number of nitrogens with zero attached hydrogens (tertiary/aromatic N) is 1. The molecule has 1 aromatic rings. The molecule has 0 bridgehead atoms. The minimum atomic E-state index is -0.297. The third kappa shape index (κ3) is 1.75. The van der Waals surface area contributed by atoms with Gasteiger partial charge in [0.1, 0.15) is 5.82 Å². The highest BCUT2D eigenvalue weighted by Crippen LogP contribution is 2.38. The molecule has 1 atom stereocenters. The second kappa shape index (κ2) is 4.12. The van der Waals surface area contributed by atoms with Gasteiger partial charge in [-0.2, -0.15) is 0 Å². The maximum Gasteiger partial charge on any atom is 0.306 e. The molecule has 0 saturated heterocycles. The predicted octanol–water partition coefficient (Wildman–Crippen LogP) is 1.92. The van der Waals surface area contributed by atoms with E-state index in [1.165, 1.54) is 13.2 Å². The van der Waals surface area contributed by atoms with Crippen LogP contribution in [0.2, 0.25) is 0 Å². The molecule has 1 aliphatic rings. The van der Waals surface area contributed by atoms with Crippen molar-refractivity contribution in [2.24, 2.45) is 0 Å². The highest BCUT2D eigenvalue weighted by atomic mass is 19.1. The van der Waals surface area contributed by atoms with E-state index in [1.54, 1.807) is 6.07 Å². The zero-order valence-electron chi connectivity index (χ0n) is 9.37. The van der Waals surface area contributed by atoms with Crippen LogP contribution in [0.1, 0.15) is 17.9 Å². The molecular weight excluding hydrogens is 209 g/mol. The van der Waals surface area contributed by atoms with Gasteiger partial charge in [-0.1, -0.05) is 6.07 Å². The van der Waals surface area contributed by atoms with Gasteiger partial charge in [0.25, 0.3) is 0 Å². The molecule has 86 valence electrons. The van der Waals surface area contributed by atoms with E-state index in [1.807, 2.05) is 18.0 Å². The van der Waals surface area contributed by atoms with E-state index in [0.717, 1.165) is 5.69 Å². The molecule has 0 saturated carbocycles. The molecule has 1 heterocycles. The minimum absolute atomic E-state index is 0.103. The van der Waals surface area contributed by atoms with E-state index in [2.05, 4.69) is 4.74 Å². The molecule has 0 spiro atoms. The normalized spacial score (nSPS) is 18.4. The number of ether oxygens (including phenoxy) is 1. The second-order valence-corrected chi connectivity index (χ2v) is 4.03. The first kappa shape index (κ1) is 10.9. The molecular formula is C12H14FNO2. The van der Waals surface area contributed by atoms with Gasteiger partial charge in [0.2, 0.25) is 0 Å². The summed E-state index contributed by atoms with van der Waals surface area (Å²) in [5, 5.41) is 0. The van der Waals surface area contributed by atoms with Crippen molar-refractivity contribution in [1.82, 2.24) is 0 Å². The number of esters is 1. The molecule has 1 aromatic carbocycles. The van der Waals surface area contributed by atoms with Crippen molar-refractivity contribution in [1.29, 1.82) is 0 Å². The number of fused-ring (bicyclic) bond motifs is 1. The van der Waals surface area contributed by atoms with Crippen molar-refractivity contribution in [2.45, 2.75) is 12.3 Å². The van der Waals surface area contributed by atoms with Crippen LogP contribution >= 0.6 is 0 Å². The number of methoxy groups -OCH3 is 1. The van der Waals surface area contributed by atoms with E-state index in [0.29, 0.717) is 12.1 Å². The second-order valence-electron chi connectivity index (χ2n) is 4.03. The summed E-state index contributed by atoms with van der Waals surface area (Å²) in [4.78, 5) is 13.2. The van der Waals surface area contributed by atoms with E-state index < -0.39 is 0 Å². The Balaban J connectivity index is 2.31. The highest BCUT2D eigenvalue weighted by molar-refractivity contribution is 5.72. The Bertz CT molecular complexity index is 419. The summed E-state index contributed by atoms with van der Waals surface area (Å²) < 4.78 is 18.3. The summed E-state index contributed by atoms with van der Waals surface area (Å²) >= 11 is 0. The first-order chi connectivity index (χ1) is 7.63. The summed E-state index contributed by atoms with van der Waals surface area (Å²) in [6.07, 6.45) is 0.231. The van der Waals surface area contributed by atoms with Crippen molar-refractivity contribution in [3.8, 4) is 0 Å². The van der Waals surface area contributed by atoms with Crippen LogP contribution in [0.4, 0.5) is 10.1 Å². The molecule has 1 unspecified atom stereocenters. The molecule has 0 N–H and O–H groups in total. The SMILES string of the molecule is COC(=O)CC1CN(C)c2cccc(F)c21. The number of rotatable bonds is 2. The Labute approximate surface area is 93.8 Å². The Morgan fingerprint density at radius 1 is 1.62 bits per heavy atom. The number of carbonyl (C=O) groups excluding carboxylic acids is 1. The highest BCUT2D eigenvalue weighted by Gasteiger charge is 2.31. The fourth-order valence-corrected chi connectivity index (χ4v) is 2.23. The average Bonchev–Trinajstić information content (AvgIpc) is 2.57. The fraction of sp³-hybridized carbons (Fsp3) is 0.417. The van der Waals surface area contributed by atoms with Crippen LogP contribution in [-0.2, 0) is 9.53 Å². The van der Waals surface area contributed by atoms with Gasteiger partial charge >= 0.3 is 5.97 Å². The van der Waals surface area contributed by atoms with Crippen LogP contribution in [-0.4, -0.2) is 26.7 Å². The molecule has 0 fully saturated rings. The van der Waals surface area contributed by atoms with E-state index >= 15 is 0 Å². The molecule has 1 aliphatic heterocycles. The molecule has 4 heteroatoms. The van der Waals surface area contributed by atoms with Gasteiger partial charge in [0.05, 0.1) is 13.5 Å². The minimum Gasteiger partial charge on any atom is -0.469 e. The molecule has 3 nitrogen and oxygen atoms in total. The maximum absolute atomic E-state index is 13.7. The van der Waals surface area contributed by atoms with E-state index in [9.17, 15) is 9.18 Å². The Morgan fingerprint density at radius 2 is 2.38 bits per heavy atom. The Hall–Kier alpha value is -1.58. The summed E-state index contributed by atoms with van der Waals surface area (Å²) in [5.74, 6) is -0.640. The zero-order valence-corrected chi connectivity index (χ0v) is 9.37. The molecule has 2 rings (SSSR count). The van der Waals surface area contributed by atoms with Crippen LogP contribution in [0.25, 0.3) is 0 Å². The largest absolute Gasteiger partial charge is 0.469 e. The summed E-state index contributed by atoms with van der Waals surface area (Å²) in [5.41, 5.74) is 1.50. The van der Waals surface area contributed by atoms with Gasteiger partial charge < -0.3 is 9.64 Å². The number of hydrogen-bond acceptors (Lipinski definition) is 3. The van der Waals surface area contributed by atoms with Crippen LogP contribution < -0.4 is 4.90 Å². The zero-order chi connectivity index (χ0) is 11.7. The van der Waals surface area contributed by atoms with E-state index in [4.69, 9.17) is 0 Å². The first-order valence-corrected chi connectivity index (χ1v) is 5.20. The average molecular weight is 223 g/mol. The number of carbonyl (C=O) groups is 1. The van der Waals surface area contributed by atoms with Gasteiger partial charge in [0, 0.05) is 30.8 Å². The number of benzene rings is 1. The standard InChI is InChI=1S/C12H14FNO2/c1-14-7-8(6-11(15)16-2)12-9(13)4-3-5-10(12)14/h3-5,8H,6-7H2,1-2H3. The topological polar surface area (TPSA) is 29.5 Å². The third-order valence-corrected chi connectivity index (χ3v) is 2.98. The Morgan fingerprint density at radius 3 is 3.06 bits per heavy atom. The first-order valence-electron chi connectivity index (χ1n) is 5.20. The van der Waals surface area contributed by atoms with Gasteiger partial charge in [-0.15, -0.1) is 0 Å². The van der Waals surface area contributed by atoms with Crippen LogP contribution in [0.15, 0.2) is 18.2 Å². The van der Waals surface area contributed by atoms with Crippen LogP contribution in [0, 0.1) is 5.82 Å². The smallest absolute Gasteiger partial charge is 0.306 e. The van der Waals surface area contributed by atoms with E-state index in [-0.39, 0.29) is 24.1 Å². The molecule has 0 aliphatic carbocycles. The Kier molecular flexibility index (Phi) is 2.81. The lowest BCUT2D eigenvalue weighted by atomic mass is 9.97. The van der Waals surface area contributed by atoms with Crippen LogP contribution in [0.5, 0.6) is 0 Å². The van der Waals surface area contributed by atoms with Crippen molar-refractivity contribution < 1.29 is 13.9 Å². The lowest BCUT2D eigenvalue weighted by Crippen LogP contribution is -2.17. The lowest BCUT2D eigenvalue weighted by molar-refractivity contribution is -0.141.